The average Bonchev–Trinajstić information content (AvgIpc) is 2.98. The molecule has 1 atom stereocenters. The van der Waals surface area contributed by atoms with Crippen molar-refractivity contribution in [2.75, 3.05) is 5.32 Å². The topological polar surface area (TPSA) is 46.9 Å². The molecule has 0 aliphatic carbocycles. The number of fused-ring (bicyclic) bond motifs is 1. The highest BCUT2D eigenvalue weighted by molar-refractivity contribution is 5.94. The molecule has 0 saturated carbocycles. The van der Waals surface area contributed by atoms with Crippen molar-refractivity contribution in [3.63, 3.8) is 0 Å². The average molecular weight is 325 g/mol. The first-order valence-corrected chi connectivity index (χ1v) is 7.50. The van der Waals surface area contributed by atoms with Crippen LogP contribution in [-0.4, -0.2) is 15.5 Å². The second-order valence-corrected chi connectivity index (χ2v) is 5.68. The summed E-state index contributed by atoms with van der Waals surface area (Å²) in [6.07, 6.45) is 1.78. The van der Waals surface area contributed by atoms with Gasteiger partial charge in [0.25, 0.3) is 0 Å². The summed E-state index contributed by atoms with van der Waals surface area (Å²) in [6.45, 7) is 0. The number of nitrogens with zero attached hydrogens (tertiary/aromatic N) is 2. The quantitative estimate of drug-likeness (QED) is 0.782. The fourth-order valence-corrected chi connectivity index (χ4v) is 3.00. The summed E-state index contributed by atoms with van der Waals surface area (Å²) in [4.78, 5) is 16.5. The smallest absolute Gasteiger partial charge is 0.226 e. The fourth-order valence-electron chi connectivity index (χ4n) is 3.00. The molecule has 1 aliphatic rings. The zero-order valence-electron chi connectivity index (χ0n) is 12.5. The molecule has 24 heavy (non-hydrogen) atoms. The Morgan fingerprint density at radius 2 is 1.88 bits per heavy atom. The molecule has 1 aromatic heterocycles. The maximum Gasteiger partial charge on any atom is 0.226 e. The highest BCUT2D eigenvalue weighted by Gasteiger charge is 2.31. The minimum Gasteiger partial charge on any atom is -0.310 e. The summed E-state index contributed by atoms with van der Waals surface area (Å²) in [6, 6.07) is 12.1. The zero-order valence-corrected chi connectivity index (χ0v) is 12.5. The van der Waals surface area contributed by atoms with Crippen molar-refractivity contribution in [1.29, 1.82) is 0 Å². The van der Waals surface area contributed by atoms with Gasteiger partial charge in [-0.3, -0.25) is 9.36 Å². The van der Waals surface area contributed by atoms with Gasteiger partial charge in [-0.25, -0.2) is 13.8 Å². The summed E-state index contributed by atoms with van der Waals surface area (Å²) in [5, 5.41) is 2.81. The number of anilines is 1. The summed E-state index contributed by atoms with van der Waals surface area (Å²) in [5.74, 6) is -0.633. The number of imidazole rings is 1. The van der Waals surface area contributed by atoms with Crippen LogP contribution in [0.2, 0.25) is 0 Å². The van der Waals surface area contributed by atoms with Crippen molar-refractivity contribution < 1.29 is 13.6 Å². The maximum absolute atomic E-state index is 13.5. The molecule has 4 nitrogen and oxygen atoms in total. The number of carbonyl (C=O) groups is 1. The Labute approximate surface area is 136 Å². The van der Waals surface area contributed by atoms with Crippen LogP contribution in [0, 0.1) is 11.6 Å². The van der Waals surface area contributed by atoms with Crippen molar-refractivity contribution in [1.82, 2.24) is 9.55 Å². The maximum atomic E-state index is 13.5. The van der Waals surface area contributed by atoms with E-state index in [1.165, 1.54) is 24.3 Å². The molecule has 0 saturated heterocycles. The summed E-state index contributed by atoms with van der Waals surface area (Å²) in [5.41, 5.74) is 2.06. The van der Waals surface area contributed by atoms with E-state index in [2.05, 4.69) is 10.3 Å². The van der Waals surface area contributed by atoms with Crippen molar-refractivity contribution in [3.05, 3.63) is 77.8 Å². The van der Waals surface area contributed by atoms with E-state index in [1.807, 2.05) is 0 Å². The Balaban J connectivity index is 1.81. The Kier molecular flexibility index (Phi) is 3.37. The molecule has 2 aromatic carbocycles. The van der Waals surface area contributed by atoms with Crippen LogP contribution in [0.4, 0.5) is 14.6 Å². The van der Waals surface area contributed by atoms with Crippen molar-refractivity contribution >= 4 is 11.7 Å². The third kappa shape index (κ3) is 2.46. The number of hydrogen-bond donors (Lipinski definition) is 1. The van der Waals surface area contributed by atoms with Gasteiger partial charge in [0.2, 0.25) is 5.91 Å². The van der Waals surface area contributed by atoms with Gasteiger partial charge in [0, 0.05) is 18.0 Å². The van der Waals surface area contributed by atoms with E-state index in [4.69, 9.17) is 0 Å². The lowest BCUT2D eigenvalue weighted by molar-refractivity contribution is -0.116. The Morgan fingerprint density at radius 1 is 1.08 bits per heavy atom. The van der Waals surface area contributed by atoms with E-state index in [0.29, 0.717) is 22.8 Å². The Hall–Kier alpha value is -3.02. The third-order valence-electron chi connectivity index (χ3n) is 4.13. The predicted octanol–water partition coefficient (Wildman–Crippen LogP) is 3.62. The molecular formula is C18H13F2N3O. The summed E-state index contributed by atoms with van der Waals surface area (Å²) in [7, 11) is 0. The van der Waals surface area contributed by atoms with Crippen LogP contribution in [0.15, 0.2) is 54.9 Å². The standard InChI is InChI=1S/C18H13F2N3O/c19-12-4-6-14(7-5-12)23-10-21-17-15(9-16(24)22-18(17)23)11-2-1-3-13(20)8-11/h1-8,10,15H,9H2,(H,22,24)/t15-/m1/s1. The van der Waals surface area contributed by atoms with Crippen molar-refractivity contribution in [2.45, 2.75) is 12.3 Å². The first-order valence-electron chi connectivity index (χ1n) is 7.50. The molecule has 1 aliphatic heterocycles. The second kappa shape index (κ2) is 5.56. The predicted molar refractivity (Wildman–Crippen MR) is 85.0 cm³/mol. The van der Waals surface area contributed by atoms with Crippen LogP contribution in [0.1, 0.15) is 23.6 Å². The molecule has 4 rings (SSSR count). The van der Waals surface area contributed by atoms with Gasteiger partial charge < -0.3 is 5.32 Å². The zero-order chi connectivity index (χ0) is 16.7. The number of nitrogens with one attached hydrogen (secondary N) is 1. The van der Waals surface area contributed by atoms with Crippen LogP contribution in [0.25, 0.3) is 5.69 Å². The molecule has 0 spiro atoms. The number of aromatic nitrogens is 2. The van der Waals surface area contributed by atoms with Crippen LogP contribution in [-0.2, 0) is 4.79 Å². The molecule has 6 heteroatoms. The van der Waals surface area contributed by atoms with Gasteiger partial charge in [-0.05, 0) is 42.0 Å². The van der Waals surface area contributed by atoms with Gasteiger partial charge in [-0.2, -0.15) is 0 Å². The molecule has 3 aromatic rings. The van der Waals surface area contributed by atoms with Gasteiger partial charge in [-0.1, -0.05) is 12.1 Å². The molecule has 0 fully saturated rings. The lowest BCUT2D eigenvalue weighted by atomic mass is 9.90. The normalized spacial score (nSPS) is 16.6. The largest absolute Gasteiger partial charge is 0.310 e. The highest BCUT2D eigenvalue weighted by atomic mass is 19.1. The summed E-state index contributed by atoms with van der Waals surface area (Å²) < 4.78 is 28.4. The molecule has 0 radical (unpaired) electrons. The minimum absolute atomic E-state index is 0.166. The summed E-state index contributed by atoms with van der Waals surface area (Å²) >= 11 is 0. The molecule has 1 N–H and O–H groups in total. The van der Waals surface area contributed by atoms with Gasteiger partial charge in [-0.15, -0.1) is 0 Å². The number of amides is 1. The van der Waals surface area contributed by atoms with Crippen LogP contribution < -0.4 is 5.32 Å². The number of rotatable bonds is 2. The lowest BCUT2D eigenvalue weighted by Gasteiger charge is -2.23. The number of carbonyl (C=O) groups excluding carboxylic acids is 1. The van der Waals surface area contributed by atoms with E-state index in [0.717, 1.165) is 0 Å². The van der Waals surface area contributed by atoms with E-state index < -0.39 is 0 Å². The second-order valence-electron chi connectivity index (χ2n) is 5.68. The van der Waals surface area contributed by atoms with Crippen molar-refractivity contribution in [2.24, 2.45) is 0 Å². The Morgan fingerprint density at radius 3 is 2.62 bits per heavy atom. The van der Waals surface area contributed by atoms with E-state index in [1.54, 1.807) is 35.2 Å². The molecule has 1 amide bonds. The highest BCUT2D eigenvalue weighted by Crippen LogP contribution is 2.37. The Bertz CT molecular complexity index is 918. The molecule has 0 unspecified atom stereocenters. The van der Waals surface area contributed by atoms with Gasteiger partial charge in [0.15, 0.2) is 0 Å². The minimum atomic E-state index is -0.349. The van der Waals surface area contributed by atoms with Gasteiger partial charge in [0.1, 0.15) is 23.8 Å². The number of halogens is 2. The SMILES string of the molecule is O=C1C[C@H](c2cccc(F)c2)c2ncn(-c3ccc(F)cc3)c2N1. The van der Waals surface area contributed by atoms with Crippen molar-refractivity contribution in [3.8, 4) is 5.69 Å². The monoisotopic (exact) mass is 325 g/mol. The van der Waals surface area contributed by atoms with E-state index >= 15 is 0 Å². The van der Waals surface area contributed by atoms with Crippen LogP contribution >= 0.6 is 0 Å². The number of hydrogen-bond acceptors (Lipinski definition) is 2. The fraction of sp³-hybridized carbons (Fsp3) is 0.111. The van der Waals surface area contributed by atoms with Crippen LogP contribution in [0.3, 0.4) is 0 Å². The first kappa shape index (κ1) is 14.6. The third-order valence-corrected chi connectivity index (χ3v) is 4.13. The molecule has 2 heterocycles. The molecule has 120 valence electrons. The van der Waals surface area contributed by atoms with Gasteiger partial charge >= 0.3 is 0 Å². The molecule has 0 bridgehead atoms. The van der Waals surface area contributed by atoms with Crippen LogP contribution in [0.5, 0.6) is 0 Å². The lowest BCUT2D eigenvalue weighted by Crippen LogP contribution is -2.25. The molecular weight excluding hydrogens is 312 g/mol. The van der Waals surface area contributed by atoms with E-state index in [9.17, 15) is 13.6 Å². The van der Waals surface area contributed by atoms with E-state index in [-0.39, 0.29) is 29.9 Å². The first-order chi connectivity index (χ1) is 11.6. The van der Waals surface area contributed by atoms with Gasteiger partial charge in [0.05, 0.1) is 5.69 Å². The number of benzene rings is 2.